The number of benzene rings is 1. The van der Waals surface area contributed by atoms with E-state index in [0.29, 0.717) is 0 Å². The summed E-state index contributed by atoms with van der Waals surface area (Å²) in [6.07, 6.45) is 1.43. The largest absolute Gasteiger partial charge is 0.387 e. The van der Waals surface area contributed by atoms with E-state index in [1.165, 1.54) is 0 Å². The fourth-order valence-electron chi connectivity index (χ4n) is 1.97. The van der Waals surface area contributed by atoms with Crippen molar-refractivity contribution in [2.75, 3.05) is 6.54 Å². The van der Waals surface area contributed by atoms with Crippen molar-refractivity contribution >= 4 is 26.5 Å². The quantitative estimate of drug-likeness (QED) is 0.726. The lowest BCUT2D eigenvalue weighted by Crippen LogP contribution is -2.11. The number of aliphatic hydroxyl groups excluding tert-OH is 1. The summed E-state index contributed by atoms with van der Waals surface area (Å²) >= 11 is 1.62. The Balaban J connectivity index is 2.23. The van der Waals surface area contributed by atoms with Crippen molar-refractivity contribution in [1.82, 2.24) is 9.38 Å². The van der Waals surface area contributed by atoms with Gasteiger partial charge < -0.3 is 10.8 Å². The number of hydrogen-bond donors (Lipinski definition) is 2. The molecule has 0 aliphatic rings. The molecule has 88 valence electrons. The van der Waals surface area contributed by atoms with Crippen LogP contribution in [-0.2, 0) is 0 Å². The van der Waals surface area contributed by atoms with Crippen molar-refractivity contribution in [3.63, 3.8) is 0 Å². The number of rotatable bonds is 2. The van der Waals surface area contributed by atoms with Gasteiger partial charge in [0.2, 0.25) is 0 Å². The number of aromatic nitrogens is 2. The van der Waals surface area contributed by atoms with Crippen LogP contribution < -0.4 is 5.73 Å². The molecule has 0 bridgehead atoms. The number of nitrogens with zero attached hydrogens (tertiary/aromatic N) is 2. The van der Waals surface area contributed by atoms with E-state index < -0.39 is 6.10 Å². The Kier molecular flexibility index (Phi) is 2.39. The second kappa shape index (κ2) is 3.80. The summed E-state index contributed by atoms with van der Waals surface area (Å²) in [6, 6.07) is 5.91. The SMILES string of the molecule is Cc1cn2c(n1)sc1cc(C(O)CN)ccc12. The van der Waals surface area contributed by atoms with Gasteiger partial charge in [-0.25, -0.2) is 4.98 Å². The Hall–Kier alpha value is -1.43. The molecule has 0 spiro atoms. The van der Waals surface area contributed by atoms with Crippen LogP contribution in [0.5, 0.6) is 0 Å². The molecule has 5 heteroatoms. The molecule has 2 heterocycles. The minimum atomic E-state index is -0.587. The maximum atomic E-state index is 9.72. The lowest BCUT2D eigenvalue weighted by atomic mass is 10.1. The summed E-state index contributed by atoms with van der Waals surface area (Å²) in [5.74, 6) is 0. The van der Waals surface area contributed by atoms with Crippen LogP contribution in [0.1, 0.15) is 17.4 Å². The average molecular weight is 247 g/mol. The van der Waals surface area contributed by atoms with Crippen LogP contribution in [0.3, 0.4) is 0 Å². The smallest absolute Gasteiger partial charge is 0.194 e. The average Bonchev–Trinajstić information content (AvgIpc) is 2.82. The molecule has 0 fully saturated rings. The molecule has 1 unspecified atom stereocenters. The summed E-state index contributed by atoms with van der Waals surface area (Å²) < 4.78 is 3.20. The highest BCUT2D eigenvalue weighted by Crippen LogP contribution is 2.28. The van der Waals surface area contributed by atoms with E-state index in [1.807, 2.05) is 31.3 Å². The molecule has 1 atom stereocenters. The number of aliphatic hydroxyl groups is 1. The number of aryl methyl sites for hydroxylation is 1. The molecule has 1 aromatic carbocycles. The number of fused-ring (bicyclic) bond motifs is 3. The maximum Gasteiger partial charge on any atom is 0.194 e. The highest BCUT2D eigenvalue weighted by atomic mass is 32.1. The Morgan fingerprint density at radius 1 is 1.53 bits per heavy atom. The third-order valence-corrected chi connectivity index (χ3v) is 3.86. The summed E-state index contributed by atoms with van der Waals surface area (Å²) in [4.78, 5) is 5.42. The summed E-state index contributed by atoms with van der Waals surface area (Å²) in [6.45, 7) is 2.23. The van der Waals surface area contributed by atoms with Crippen molar-refractivity contribution in [2.45, 2.75) is 13.0 Å². The van der Waals surface area contributed by atoms with Gasteiger partial charge in [0.05, 0.1) is 22.0 Å². The number of nitrogens with two attached hydrogens (primary N) is 1. The monoisotopic (exact) mass is 247 g/mol. The molecule has 0 saturated heterocycles. The van der Waals surface area contributed by atoms with E-state index in [9.17, 15) is 5.11 Å². The van der Waals surface area contributed by atoms with Crippen molar-refractivity contribution in [1.29, 1.82) is 0 Å². The van der Waals surface area contributed by atoms with E-state index in [2.05, 4.69) is 9.38 Å². The highest BCUT2D eigenvalue weighted by Gasteiger charge is 2.10. The van der Waals surface area contributed by atoms with E-state index in [-0.39, 0.29) is 6.54 Å². The highest BCUT2D eigenvalue weighted by molar-refractivity contribution is 7.23. The molecule has 0 amide bonds. The zero-order valence-corrected chi connectivity index (χ0v) is 10.2. The molecule has 3 N–H and O–H groups in total. The van der Waals surface area contributed by atoms with E-state index in [1.54, 1.807) is 11.3 Å². The zero-order valence-electron chi connectivity index (χ0n) is 9.42. The van der Waals surface area contributed by atoms with E-state index >= 15 is 0 Å². The molecule has 17 heavy (non-hydrogen) atoms. The molecular formula is C12H13N3OS. The summed E-state index contributed by atoms with van der Waals surface area (Å²) in [5.41, 5.74) is 8.46. The first-order valence-corrected chi connectivity index (χ1v) is 6.27. The minimum Gasteiger partial charge on any atom is -0.387 e. The standard InChI is InChI=1S/C12H13N3OS/c1-7-6-15-9-3-2-8(10(16)5-13)4-11(9)17-12(15)14-7/h2-4,6,10,16H,5,13H2,1H3. The van der Waals surface area contributed by atoms with Gasteiger partial charge in [0.15, 0.2) is 4.96 Å². The second-order valence-electron chi connectivity index (χ2n) is 4.12. The maximum absolute atomic E-state index is 9.72. The van der Waals surface area contributed by atoms with Gasteiger partial charge in [-0.3, -0.25) is 4.40 Å². The topological polar surface area (TPSA) is 63.5 Å². The third-order valence-electron chi connectivity index (χ3n) is 2.85. The molecule has 3 aromatic rings. The van der Waals surface area contributed by atoms with Gasteiger partial charge in [0.25, 0.3) is 0 Å². The van der Waals surface area contributed by atoms with Crippen LogP contribution in [0.2, 0.25) is 0 Å². The Morgan fingerprint density at radius 2 is 2.35 bits per heavy atom. The predicted molar refractivity (Wildman–Crippen MR) is 69.3 cm³/mol. The lowest BCUT2D eigenvalue weighted by molar-refractivity contribution is 0.187. The number of hydrogen-bond acceptors (Lipinski definition) is 4. The van der Waals surface area contributed by atoms with Crippen molar-refractivity contribution in [3.05, 3.63) is 35.7 Å². The van der Waals surface area contributed by atoms with Crippen LogP contribution >= 0.6 is 11.3 Å². The predicted octanol–water partition coefficient (Wildman–Crippen LogP) is 1.85. The van der Waals surface area contributed by atoms with E-state index in [4.69, 9.17) is 5.73 Å². The normalized spacial score (nSPS) is 13.6. The molecule has 0 aliphatic carbocycles. The van der Waals surface area contributed by atoms with Gasteiger partial charge in [0.1, 0.15) is 0 Å². The van der Waals surface area contributed by atoms with Gasteiger partial charge in [-0.05, 0) is 24.6 Å². The first kappa shape index (κ1) is 10.7. The van der Waals surface area contributed by atoms with Gasteiger partial charge in [0, 0.05) is 12.7 Å². The van der Waals surface area contributed by atoms with Gasteiger partial charge in [-0.15, -0.1) is 0 Å². The number of thiazole rings is 1. The third kappa shape index (κ3) is 1.63. The van der Waals surface area contributed by atoms with Crippen molar-refractivity contribution in [3.8, 4) is 0 Å². The van der Waals surface area contributed by atoms with Crippen LogP contribution in [0.15, 0.2) is 24.4 Å². The summed E-state index contributed by atoms with van der Waals surface area (Å²) in [7, 11) is 0. The first-order chi connectivity index (χ1) is 8.19. The molecular weight excluding hydrogens is 234 g/mol. The molecule has 0 saturated carbocycles. The zero-order chi connectivity index (χ0) is 12.0. The van der Waals surface area contributed by atoms with Gasteiger partial charge in [-0.2, -0.15) is 0 Å². The molecule has 0 aliphatic heterocycles. The molecule has 2 aromatic heterocycles. The van der Waals surface area contributed by atoms with Gasteiger partial charge >= 0.3 is 0 Å². The van der Waals surface area contributed by atoms with Crippen molar-refractivity contribution < 1.29 is 5.11 Å². The van der Waals surface area contributed by atoms with Gasteiger partial charge in [-0.1, -0.05) is 17.4 Å². The van der Waals surface area contributed by atoms with Crippen LogP contribution in [0.25, 0.3) is 15.2 Å². The first-order valence-electron chi connectivity index (χ1n) is 5.45. The Labute approximate surface area is 102 Å². The summed E-state index contributed by atoms with van der Waals surface area (Å²) in [5, 5.41) is 9.72. The van der Waals surface area contributed by atoms with Crippen LogP contribution in [-0.4, -0.2) is 21.0 Å². The van der Waals surface area contributed by atoms with Crippen molar-refractivity contribution in [2.24, 2.45) is 5.73 Å². The minimum absolute atomic E-state index is 0.243. The fraction of sp³-hybridized carbons (Fsp3) is 0.250. The Bertz CT molecular complexity index is 685. The van der Waals surface area contributed by atoms with Crippen LogP contribution in [0.4, 0.5) is 0 Å². The molecule has 4 nitrogen and oxygen atoms in total. The second-order valence-corrected chi connectivity index (χ2v) is 5.12. The molecule has 0 radical (unpaired) electrons. The molecule has 3 rings (SSSR count). The fourth-order valence-corrected chi connectivity index (χ4v) is 3.08. The number of imidazole rings is 1. The van der Waals surface area contributed by atoms with Crippen LogP contribution in [0, 0.1) is 6.92 Å². The Morgan fingerprint density at radius 3 is 3.12 bits per heavy atom. The lowest BCUT2D eigenvalue weighted by Gasteiger charge is -2.07. The van der Waals surface area contributed by atoms with E-state index in [0.717, 1.165) is 26.4 Å².